The first-order valence-electron chi connectivity index (χ1n) is 4.94. The van der Waals surface area contributed by atoms with Crippen LogP contribution in [0.2, 0.25) is 0 Å². The molecule has 76 valence electrons. The van der Waals surface area contributed by atoms with Gasteiger partial charge in [0.2, 0.25) is 0 Å². The van der Waals surface area contributed by atoms with Gasteiger partial charge in [-0.05, 0) is 30.1 Å². The molecule has 2 aliphatic carbocycles. The van der Waals surface area contributed by atoms with Crippen molar-refractivity contribution in [2.24, 2.45) is 0 Å². The molecule has 0 saturated heterocycles. The first-order valence-corrected chi connectivity index (χ1v) is 4.94. The van der Waals surface area contributed by atoms with Crippen LogP contribution in [0.25, 0.3) is 0 Å². The molecule has 0 atom stereocenters. The fraction of sp³-hybridized carbons (Fsp3) is 0.154. The molecule has 0 heterocycles. The van der Waals surface area contributed by atoms with Gasteiger partial charge in [-0.2, -0.15) is 0 Å². The predicted octanol–water partition coefficient (Wildman–Crippen LogP) is 2.77. The van der Waals surface area contributed by atoms with Gasteiger partial charge in [-0.15, -0.1) is 0 Å². The SMILES string of the molecule is O=C(O)C(=CC1=CC=CC1)C1=CC=CC1. The third-order valence-corrected chi connectivity index (χ3v) is 2.48. The highest BCUT2D eigenvalue weighted by atomic mass is 16.4. The molecule has 1 N–H and O–H groups in total. The van der Waals surface area contributed by atoms with E-state index in [9.17, 15) is 4.79 Å². The zero-order valence-corrected chi connectivity index (χ0v) is 8.31. The maximum absolute atomic E-state index is 11.1. The lowest BCUT2D eigenvalue weighted by Gasteiger charge is -2.03. The summed E-state index contributed by atoms with van der Waals surface area (Å²) in [5.41, 5.74) is 2.35. The lowest BCUT2D eigenvalue weighted by atomic mass is 10.0. The minimum atomic E-state index is -0.849. The van der Waals surface area contributed by atoms with E-state index in [1.54, 1.807) is 6.08 Å². The molecule has 2 nitrogen and oxygen atoms in total. The van der Waals surface area contributed by atoms with Crippen molar-refractivity contribution in [1.82, 2.24) is 0 Å². The molecule has 0 amide bonds. The lowest BCUT2D eigenvalue weighted by Crippen LogP contribution is -2.03. The van der Waals surface area contributed by atoms with Crippen molar-refractivity contribution in [3.63, 3.8) is 0 Å². The maximum atomic E-state index is 11.1. The molecule has 0 radical (unpaired) electrons. The van der Waals surface area contributed by atoms with Gasteiger partial charge in [-0.1, -0.05) is 36.5 Å². The Kier molecular flexibility index (Phi) is 2.68. The Bertz CT molecular complexity index is 431. The van der Waals surface area contributed by atoms with E-state index in [0.717, 1.165) is 24.0 Å². The molecule has 2 rings (SSSR count). The minimum Gasteiger partial charge on any atom is -0.478 e. The lowest BCUT2D eigenvalue weighted by molar-refractivity contribution is -0.132. The van der Waals surface area contributed by atoms with Crippen LogP contribution in [0.3, 0.4) is 0 Å². The van der Waals surface area contributed by atoms with Gasteiger partial charge < -0.3 is 5.11 Å². The molecular formula is C13H12O2. The van der Waals surface area contributed by atoms with Crippen molar-refractivity contribution >= 4 is 5.97 Å². The molecule has 0 fully saturated rings. The molecule has 2 aliphatic rings. The first kappa shape index (κ1) is 9.71. The van der Waals surface area contributed by atoms with Crippen LogP contribution in [0.15, 0.2) is 59.3 Å². The summed E-state index contributed by atoms with van der Waals surface area (Å²) < 4.78 is 0. The molecule has 0 spiro atoms. The number of aliphatic carboxylic acids is 1. The normalized spacial score (nSPS) is 19.3. The number of allylic oxidation sites excluding steroid dienone is 8. The van der Waals surface area contributed by atoms with Gasteiger partial charge in [-0.3, -0.25) is 0 Å². The van der Waals surface area contributed by atoms with Crippen molar-refractivity contribution < 1.29 is 9.90 Å². The largest absolute Gasteiger partial charge is 0.478 e. The van der Waals surface area contributed by atoms with Crippen molar-refractivity contribution in [1.29, 1.82) is 0 Å². The Morgan fingerprint density at radius 2 is 1.93 bits per heavy atom. The highest BCUT2D eigenvalue weighted by Gasteiger charge is 2.14. The summed E-state index contributed by atoms with van der Waals surface area (Å²) >= 11 is 0. The zero-order valence-electron chi connectivity index (χ0n) is 8.31. The average molecular weight is 200 g/mol. The summed E-state index contributed by atoms with van der Waals surface area (Å²) in [5, 5.41) is 9.11. The first-order chi connectivity index (χ1) is 7.27. The fourth-order valence-electron chi connectivity index (χ4n) is 1.70. The predicted molar refractivity (Wildman–Crippen MR) is 59.4 cm³/mol. The van der Waals surface area contributed by atoms with Crippen LogP contribution in [0.5, 0.6) is 0 Å². The third kappa shape index (κ3) is 2.15. The number of carboxylic acid groups (broad SMARTS) is 1. The Morgan fingerprint density at radius 1 is 1.20 bits per heavy atom. The Balaban J connectivity index is 2.23. The molecule has 2 heteroatoms. The summed E-state index contributed by atoms with van der Waals surface area (Å²) in [6.07, 6.45) is 15.0. The standard InChI is InChI=1S/C13H12O2/c14-13(15)12(11-7-3-4-8-11)9-10-5-1-2-6-10/h1-5,7,9H,6,8H2,(H,14,15). The van der Waals surface area contributed by atoms with E-state index in [4.69, 9.17) is 5.11 Å². The molecule has 0 aromatic rings. The van der Waals surface area contributed by atoms with Crippen LogP contribution in [0.4, 0.5) is 0 Å². The van der Waals surface area contributed by atoms with Crippen molar-refractivity contribution in [3.05, 3.63) is 59.3 Å². The minimum absolute atomic E-state index is 0.412. The second-order valence-electron chi connectivity index (χ2n) is 3.56. The molecule has 0 saturated carbocycles. The molecule has 15 heavy (non-hydrogen) atoms. The summed E-state index contributed by atoms with van der Waals surface area (Å²) in [6, 6.07) is 0. The van der Waals surface area contributed by atoms with E-state index in [1.165, 1.54) is 0 Å². The van der Waals surface area contributed by atoms with Crippen LogP contribution in [-0.2, 0) is 4.79 Å². The number of carboxylic acids is 1. The van der Waals surface area contributed by atoms with E-state index in [1.807, 2.05) is 36.5 Å². The van der Waals surface area contributed by atoms with E-state index < -0.39 is 5.97 Å². The molecule has 0 bridgehead atoms. The van der Waals surface area contributed by atoms with Gasteiger partial charge in [0.15, 0.2) is 0 Å². The molecular weight excluding hydrogens is 188 g/mol. The second kappa shape index (κ2) is 4.13. The van der Waals surface area contributed by atoms with Crippen molar-refractivity contribution in [2.45, 2.75) is 12.8 Å². The Morgan fingerprint density at radius 3 is 2.47 bits per heavy atom. The van der Waals surface area contributed by atoms with E-state index >= 15 is 0 Å². The Hall–Kier alpha value is -1.83. The van der Waals surface area contributed by atoms with Gasteiger partial charge in [0.1, 0.15) is 0 Å². The van der Waals surface area contributed by atoms with Crippen LogP contribution in [0.1, 0.15) is 12.8 Å². The van der Waals surface area contributed by atoms with Crippen LogP contribution < -0.4 is 0 Å². The average Bonchev–Trinajstić information content (AvgIpc) is 2.87. The van der Waals surface area contributed by atoms with Crippen molar-refractivity contribution in [2.75, 3.05) is 0 Å². The number of carbonyl (C=O) groups is 1. The topological polar surface area (TPSA) is 37.3 Å². The molecule has 0 aromatic heterocycles. The quantitative estimate of drug-likeness (QED) is 0.711. The maximum Gasteiger partial charge on any atom is 0.335 e. The summed E-state index contributed by atoms with van der Waals surface area (Å²) in [7, 11) is 0. The van der Waals surface area contributed by atoms with Gasteiger partial charge in [0.25, 0.3) is 0 Å². The summed E-state index contributed by atoms with van der Waals surface area (Å²) in [4.78, 5) is 11.1. The smallest absolute Gasteiger partial charge is 0.335 e. The van der Waals surface area contributed by atoms with E-state index in [-0.39, 0.29) is 0 Å². The van der Waals surface area contributed by atoms with Crippen LogP contribution >= 0.6 is 0 Å². The zero-order chi connectivity index (χ0) is 10.7. The van der Waals surface area contributed by atoms with Crippen molar-refractivity contribution in [3.8, 4) is 0 Å². The van der Waals surface area contributed by atoms with Crippen LogP contribution in [-0.4, -0.2) is 11.1 Å². The Labute approximate surface area is 88.6 Å². The molecule has 0 aromatic carbocycles. The molecule has 0 aliphatic heterocycles. The van der Waals surface area contributed by atoms with Gasteiger partial charge in [0, 0.05) is 0 Å². The van der Waals surface area contributed by atoms with E-state index in [2.05, 4.69) is 0 Å². The second-order valence-corrected chi connectivity index (χ2v) is 3.56. The third-order valence-electron chi connectivity index (χ3n) is 2.48. The number of rotatable bonds is 3. The highest BCUT2D eigenvalue weighted by molar-refractivity contribution is 5.93. The van der Waals surface area contributed by atoms with Gasteiger partial charge in [-0.25, -0.2) is 4.79 Å². The highest BCUT2D eigenvalue weighted by Crippen LogP contribution is 2.23. The summed E-state index contributed by atoms with van der Waals surface area (Å²) in [5.74, 6) is -0.849. The number of hydrogen-bond donors (Lipinski definition) is 1. The van der Waals surface area contributed by atoms with Gasteiger partial charge >= 0.3 is 5.97 Å². The fourth-order valence-corrected chi connectivity index (χ4v) is 1.70. The molecule has 0 unspecified atom stereocenters. The van der Waals surface area contributed by atoms with Gasteiger partial charge in [0.05, 0.1) is 5.57 Å². The van der Waals surface area contributed by atoms with Crippen LogP contribution in [0, 0.1) is 0 Å². The van der Waals surface area contributed by atoms with E-state index in [0.29, 0.717) is 5.57 Å². The monoisotopic (exact) mass is 200 g/mol. The number of hydrogen-bond acceptors (Lipinski definition) is 1. The summed E-state index contributed by atoms with van der Waals surface area (Å²) in [6.45, 7) is 0.